The molecule has 1 atom stereocenters. The number of ether oxygens (including phenoxy) is 5. The Balaban J connectivity index is 1.73. The first kappa shape index (κ1) is 30.8. The van der Waals surface area contributed by atoms with Gasteiger partial charge in [0.1, 0.15) is 23.5 Å². The van der Waals surface area contributed by atoms with E-state index in [1.807, 2.05) is 41.5 Å². The summed E-state index contributed by atoms with van der Waals surface area (Å²) >= 11 is 0. The van der Waals surface area contributed by atoms with Crippen LogP contribution in [0.3, 0.4) is 0 Å². The molecule has 4 heterocycles. The van der Waals surface area contributed by atoms with E-state index in [4.69, 9.17) is 23.7 Å². The van der Waals surface area contributed by atoms with Gasteiger partial charge in [-0.1, -0.05) is 0 Å². The lowest BCUT2D eigenvalue weighted by Crippen LogP contribution is -2.26. The highest BCUT2D eigenvalue weighted by Crippen LogP contribution is 2.36. The minimum absolute atomic E-state index is 0.0560. The molecule has 0 bridgehead atoms. The lowest BCUT2D eigenvalue weighted by atomic mass is 10.1. The van der Waals surface area contributed by atoms with Crippen molar-refractivity contribution in [3.8, 4) is 34.9 Å². The van der Waals surface area contributed by atoms with Crippen molar-refractivity contribution < 1.29 is 32.5 Å². The van der Waals surface area contributed by atoms with Crippen molar-refractivity contribution >= 4 is 11.0 Å². The molecule has 0 radical (unpaired) electrons. The number of fused-ring (bicyclic) bond motifs is 1. The summed E-state index contributed by atoms with van der Waals surface area (Å²) in [6, 6.07) is 4.59. The maximum atomic E-state index is 14.3. The second kappa shape index (κ2) is 12.3. The molecule has 226 valence electrons. The molecule has 4 aromatic rings. The Morgan fingerprint density at radius 1 is 0.929 bits per heavy atom. The number of halogens is 2. The topological polar surface area (TPSA) is 128 Å². The van der Waals surface area contributed by atoms with E-state index in [1.165, 1.54) is 36.3 Å². The highest BCUT2D eigenvalue weighted by Gasteiger charge is 2.29. The molecule has 12 nitrogen and oxygen atoms in total. The van der Waals surface area contributed by atoms with E-state index in [0.29, 0.717) is 28.9 Å². The van der Waals surface area contributed by atoms with Crippen LogP contribution in [0.4, 0.5) is 8.78 Å². The number of methoxy groups -OCH3 is 1. The summed E-state index contributed by atoms with van der Waals surface area (Å²) in [5, 5.41) is 13.3. The van der Waals surface area contributed by atoms with Crippen molar-refractivity contribution in [2.45, 2.75) is 65.3 Å². The second-order valence-electron chi connectivity index (χ2n) is 11.3. The van der Waals surface area contributed by atoms with Crippen molar-refractivity contribution in [3.05, 3.63) is 36.2 Å². The third-order valence-corrected chi connectivity index (χ3v) is 5.45. The van der Waals surface area contributed by atoms with E-state index in [2.05, 4.69) is 30.2 Å². The predicted molar refractivity (Wildman–Crippen MR) is 149 cm³/mol. The average molecular weight is 588 g/mol. The molecule has 0 fully saturated rings. The van der Waals surface area contributed by atoms with Crippen LogP contribution in [0.15, 0.2) is 30.6 Å². The number of pyridine rings is 1. The standard InChI is InChI=1S/C28H35F2N7O5/c1-27(2,3)41-24-18(15-32-26(33-24)42-28(4,5)6)19-14-17-23(35-34-19)37(7)36-25(17)40-21(22(29)30)16-9-10-31-20(13-16)39-12-11-38-8/h9-10,13-15,21-22H,11-12H2,1-8H3/t21-/m1/s1. The first-order chi connectivity index (χ1) is 19.7. The molecule has 0 spiro atoms. The Bertz CT molecular complexity index is 1520. The molecule has 0 unspecified atom stereocenters. The molecule has 0 saturated heterocycles. The summed E-state index contributed by atoms with van der Waals surface area (Å²) in [5.74, 6) is 0.336. The SMILES string of the molecule is COCCOc1cc([C@@H](Oc2nn(C)c3nnc(-c4cnc(OC(C)(C)C)nc4OC(C)(C)C)cc23)C(F)F)ccn1. The van der Waals surface area contributed by atoms with Gasteiger partial charge in [-0.15, -0.1) is 15.3 Å². The number of alkyl halides is 2. The number of hydrogen-bond acceptors (Lipinski definition) is 11. The molecule has 0 N–H and O–H groups in total. The van der Waals surface area contributed by atoms with E-state index < -0.39 is 23.7 Å². The summed E-state index contributed by atoms with van der Waals surface area (Å²) in [7, 11) is 3.15. The third-order valence-electron chi connectivity index (χ3n) is 5.45. The van der Waals surface area contributed by atoms with Crippen LogP contribution >= 0.6 is 0 Å². The van der Waals surface area contributed by atoms with Gasteiger partial charge < -0.3 is 23.7 Å². The van der Waals surface area contributed by atoms with Crippen LogP contribution in [0.1, 0.15) is 53.2 Å². The molecule has 0 aliphatic rings. The fourth-order valence-electron chi connectivity index (χ4n) is 3.75. The van der Waals surface area contributed by atoms with Crippen molar-refractivity contribution in [3.63, 3.8) is 0 Å². The van der Waals surface area contributed by atoms with Crippen LogP contribution in [-0.2, 0) is 11.8 Å². The Hall–Kier alpha value is -4.20. The summed E-state index contributed by atoms with van der Waals surface area (Å²) in [5.41, 5.74) is 0.0994. The third kappa shape index (κ3) is 7.75. The molecule has 4 rings (SSSR count). The molecule has 0 amide bonds. The molecule has 0 aromatic carbocycles. The highest BCUT2D eigenvalue weighted by molar-refractivity contribution is 5.85. The molecule has 0 aliphatic carbocycles. The number of nitrogens with zero attached hydrogens (tertiary/aromatic N) is 7. The number of rotatable bonds is 11. The number of aryl methyl sites for hydroxylation is 1. The minimum Gasteiger partial charge on any atom is -0.475 e. The Kier molecular flexibility index (Phi) is 9.04. The van der Waals surface area contributed by atoms with Gasteiger partial charge in [0.25, 0.3) is 6.43 Å². The van der Waals surface area contributed by atoms with Gasteiger partial charge in [-0.25, -0.2) is 23.4 Å². The van der Waals surface area contributed by atoms with Gasteiger partial charge in [0.2, 0.25) is 17.6 Å². The van der Waals surface area contributed by atoms with E-state index >= 15 is 0 Å². The van der Waals surface area contributed by atoms with Gasteiger partial charge in [-0.05, 0) is 53.7 Å². The van der Waals surface area contributed by atoms with Crippen LogP contribution in [0, 0.1) is 0 Å². The average Bonchev–Trinajstić information content (AvgIpc) is 3.20. The van der Waals surface area contributed by atoms with E-state index in [1.54, 1.807) is 13.1 Å². The summed E-state index contributed by atoms with van der Waals surface area (Å²) in [6.45, 7) is 11.8. The maximum Gasteiger partial charge on any atom is 0.320 e. The fourth-order valence-corrected chi connectivity index (χ4v) is 3.75. The predicted octanol–water partition coefficient (Wildman–Crippen LogP) is 4.98. The largest absolute Gasteiger partial charge is 0.475 e. The maximum absolute atomic E-state index is 14.3. The first-order valence-electron chi connectivity index (χ1n) is 13.2. The van der Waals surface area contributed by atoms with Crippen molar-refractivity contribution in [2.75, 3.05) is 20.3 Å². The highest BCUT2D eigenvalue weighted by atomic mass is 19.3. The first-order valence-corrected chi connectivity index (χ1v) is 13.2. The molecule has 4 aromatic heterocycles. The van der Waals surface area contributed by atoms with Gasteiger partial charge in [-0.2, -0.15) is 4.98 Å². The van der Waals surface area contributed by atoms with Gasteiger partial charge in [-0.3, -0.25) is 0 Å². The molecule has 0 saturated carbocycles. The zero-order chi connectivity index (χ0) is 30.7. The summed E-state index contributed by atoms with van der Waals surface area (Å²) < 4.78 is 58.2. The monoisotopic (exact) mass is 587 g/mol. The second-order valence-corrected chi connectivity index (χ2v) is 11.3. The van der Waals surface area contributed by atoms with Gasteiger partial charge in [0.15, 0.2) is 11.8 Å². The molecular weight excluding hydrogens is 552 g/mol. The Morgan fingerprint density at radius 2 is 1.67 bits per heavy atom. The van der Waals surface area contributed by atoms with Crippen molar-refractivity contribution in [2.24, 2.45) is 7.05 Å². The fraction of sp³-hybridized carbons (Fsp3) is 0.500. The van der Waals surface area contributed by atoms with Crippen molar-refractivity contribution in [1.29, 1.82) is 0 Å². The summed E-state index contributed by atoms with van der Waals surface area (Å²) in [6.07, 6.45) is -1.66. The van der Waals surface area contributed by atoms with Crippen LogP contribution in [0.2, 0.25) is 0 Å². The molecule has 0 aliphatic heterocycles. The lowest BCUT2D eigenvalue weighted by molar-refractivity contribution is 0.00826. The zero-order valence-corrected chi connectivity index (χ0v) is 24.9. The van der Waals surface area contributed by atoms with Gasteiger partial charge in [0.05, 0.1) is 17.6 Å². The van der Waals surface area contributed by atoms with Crippen molar-refractivity contribution in [1.82, 2.24) is 34.9 Å². The normalized spacial score (nSPS) is 12.9. The molecule has 42 heavy (non-hydrogen) atoms. The van der Waals surface area contributed by atoms with Crippen LogP contribution in [0.5, 0.6) is 23.7 Å². The van der Waals surface area contributed by atoms with Crippen LogP contribution in [-0.4, -0.2) is 72.9 Å². The zero-order valence-electron chi connectivity index (χ0n) is 24.9. The van der Waals surface area contributed by atoms with Gasteiger partial charge >= 0.3 is 6.01 Å². The van der Waals surface area contributed by atoms with E-state index in [-0.39, 0.29) is 35.8 Å². The Labute approximate surface area is 242 Å². The van der Waals surface area contributed by atoms with E-state index in [0.717, 1.165) is 0 Å². The molecule has 14 heteroatoms. The Morgan fingerprint density at radius 3 is 2.33 bits per heavy atom. The van der Waals surface area contributed by atoms with Gasteiger partial charge in [0, 0.05) is 38.2 Å². The summed E-state index contributed by atoms with van der Waals surface area (Å²) in [4.78, 5) is 12.9. The quantitative estimate of drug-likeness (QED) is 0.220. The number of aromatic nitrogens is 7. The minimum atomic E-state index is -2.89. The van der Waals surface area contributed by atoms with E-state index in [9.17, 15) is 8.78 Å². The van der Waals surface area contributed by atoms with Crippen LogP contribution < -0.4 is 18.9 Å². The molecular formula is C28H35F2N7O5. The smallest absolute Gasteiger partial charge is 0.320 e. The lowest BCUT2D eigenvalue weighted by Gasteiger charge is -2.24. The van der Waals surface area contributed by atoms with Crippen LogP contribution in [0.25, 0.3) is 22.3 Å². The number of hydrogen-bond donors (Lipinski definition) is 0.